The lowest BCUT2D eigenvalue weighted by Gasteiger charge is -2.26. The minimum absolute atomic E-state index is 0.00667. The zero-order valence-electron chi connectivity index (χ0n) is 15.4. The molecule has 0 aromatic carbocycles. The summed E-state index contributed by atoms with van der Waals surface area (Å²) in [6.45, 7) is 3.70. The first kappa shape index (κ1) is 21.4. The second-order valence-electron chi connectivity index (χ2n) is 7.21. The van der Waals surface area contributed by atoms with E-state index >= 15 is 0 Å². The van der Waals surface area contributed by atoms with Crippen LogP contribution in [0.15, 0.2) is 0 Å². The SMILES string of the molecule is CC(O)COC(C)CO.O=C(OC1CCCCC1)C1CCCCC1. The van der Waals surface area contributed by atoms with Crippen LogP contribution in [0.1, 0.15) is 78.1 Å². The minimum Gasteiger partial charge on any atom is -0.462 e. The monoisotopic (exact) mass is 344 g/mol. The normalized spacial score (nSPS) is 22.2. The van der Waals surface area contributed by atoms with Crippen LogP contribution in [0.4, 0.5) is 0 Å². The molecule has 2 unspecified atom stereocenters. The summed E-state index contributed by atoms with van der Waals surface area (Å²) >= 11 is 0. The van der Waals surface area contributed by atoms with Gasteiger partial charge in [0, 0.05) is 0 Å². The van der Waals surface area contributed by atoms with Gasteiger partial charge < -0.3 is 19.7 Å². The van der Waals surface area contributed by atoms with Crippen molar-refractivity contribution in [1.82, 2.24) is 0 Å². The Morgan fingerprint density at radius 3 is 2.04 bits per heavy atom. The molecule has 0 heterocycles. The van der Waals surface area contributed by atoms with Crippen molar-refractivity contribution in [3.05, 3.63) is 0 Å². The summed E-state index contributed by atoms with van der Waals surface area (Å²) in [6, 6.07) is 0. The van der Waals surface area contributed by atoms with Gasteiger partial charge >= 0.3 is 5.97 Å². The van der Waals surface area contributed by atoms with Gasteiger partial charge in [0.25, 0.3) is 0 Å². The van der Waals surface area contributed by atoms with Crippen molar-refractivity contribution in [2.45, 2.75) is 96.4 Å². The molecule has 5 nitrogen and oxygen atoms in total. The number of aliphatic hydroxyl groups excluding tert-OH is 2. The van der Waals surface area contributed by atoms with E-state index in [1.54, 1.807) is 13.8 Å². The Balaban J connectivity index is 0.000000277. The number of esters is 1. The lowest BCUT2D eigenvalue weighted by Crippen LogP contribution is -2.27. The van der Waals surface area contributed by atoms with Gasteiger partial charge in [0.05, 0.1) is 31.3 Å². The van der Waals surface area contributed by atoms with Gasteiger partial charge in [0.15, 0.2) is 0 Å². The molecule has 0 radical (unpaired) electrons. The summed E-state index contributed by atoms with van der Waals surface area (Å²) in [6.07, 6.45) is 11.5. The highest BCUT2D eigenvalue weighted by molar-refractivity contribution is 5.72. The van der Waals surface area contributed by atoms with E-state index in [1.165, 1.54) is 38.5 Å². The number of carbonyl (C=O) groups excluding carboxylic acids is 1. The lowest BCUT2D eigenvalue weighted by atomic mass is 9.89. The van der Waals surface area contributed by atoms with Gasteiger partial charge in [-0.2, -0.15) is 0 Å². The van der Waals surface area contributed by atoms with Crippen LogP contribution < -0.4 is 0 Å². The smallest absolute Gasteiger partial charge is 0.309 e. The third-order valence-corrected chi connectivity index (χ3v) is 4.65. The zero-order valence-corrected chi connectivity index (χ0v) is 15.4. The molecular weight excluding hydrogens is 308 g/mol. The van der Waals surface area contributed by atoms with Crippen LogP contribution >= 0.6 is 0 Å². The summed E-state index contributed by atoms with van der Waals surface area (Å²) < 4.78 is 10.5. The second kappa shape index (κ2) is 12.7. The van der Waals surface area contributed by atoms with E-state index < -0.39 is 6.10 Å². The van der Waals surface area contributed by atoms with Crippen LogP contribution in [0.2, 0.25) is 0 Å². The topological polar surface area (TPSA) is 76.0 Å². The van der Waals surface area contributed by atoms with E-state index in [-0.39, 0.29) is 30.7 Å². The highest BCUT2D eigenvalue weighted by Crippen LogP contribution is 2.27. The molecule has 2 fully saturated rings. The quantitative estimate of drug-likeness (QED) is 0.724. The van der Waals surface area contributed by atoms with Gasteiger partial charge in [-0.25, -0.2) is 0 Å². The van der Waals surface area contributed by atoms with E-state index in [4.69, 9.17) is 19.7 Å². The molecule has 2 saturated carbocycles. The summed E-state index contributed by atoms with van der Waals surface area (Å²) in [5.74, 6) is 0.322. The van der Waals surface area contributed by atoms with Crippen molar-refractivity contribution in [2.75, 3.05) is 13.2 Å². The maximum absolute atomic E-state index is 11.8. The molecular formula is C19H36O5. The molecule has 2 atom stereocenters. The average molecular weight is 344 g/mol. The predicted molar refractivity (Wildman–Crippen MR) is 93.7 cm³/mol. The average Bonchev–Trinajstić information content (AvgIpc) is 2.61. The van der Waals surface area contributed by atoms with Gasteiger partial charge in [-0.15, -0.1) is 0 Å². The van der Waals surface area contributed by atoms with E-state index in [2.05, 4.69) is 0 Å². The standard InChI is InChI=1S/C13H22O2.C6H14O3/c14-13(11-7-3-1-4-8-11)15-12-9-5-2-6-10-12;1-5(8)4-9-6(2)3-7/h11-12H,1-10H2;5-8H,3-4H2,1-2H3. The molecule has 2 aliphatic carbocycles. The Kier molecular flexibility index (Phi) is 11.3. The van der Waals surface area contributed by atoms with Crippen LogP contribution in [0.3, 0.4) is 0 Å². The molecule has 5 heteroatoms. The van der Waals surface area contributed by atoms with Crippen LogP contribution in [-0.2, 0) is 14.3 Å². The highest BCUT2D eigenvalue weighted by atomic mass is 16.5. The first-order chi connectivity index (χ1) is 11.5. The largest absolute Gasteiger partial charge is 0.462 e. The van der Waals surface area contributed by atoms with Crippen molar-refractivity contribution in [3.8, 4) is 0 Å². The number of aliphatic hydroxyl groups is 2. The number of rotatable bonds is 6. The number of ether oxygens (including phenoxy) is 2. The van der Waals surface area contributed by atoms with Crippen molar-refractivity contribution in [2.24, 2.45) is 5.92 Å². The second-order valence-corrected chi connectivity index (χ2v) is 7.21. The first-order valence-corrected chi connectivity index (χ1v) is 9.64. The first-order valence-electron chi connectivity index (χ1n) is 9.64. The Morgan fingerprint density at radius 1 is 1.00 bits per heavy atom. The van der Waals surface area contributed by atoms with Crippen LogP contribution in [0, 0.1) is 5.92 Å². The molecule has 2 aliphatic rings. The predicted octanol–water partition coefficient (Wildman–Crippen LogP) is 3.21. The van der Waals surface area contributed by atoms with Gasteiger partial charge in [0.1, 0.15) is 6.10 Å². The Hall–Kier alpha value is -0.650. The van der Waals surface area contributed by atoms with E-state index in [9.17, 15) is 4.79 Å². The van der Waals surface area contributed by atoms with Gasteiger partial charge in [-0.1, -0.05) is 25.7 Å². The molecule has 24 heavy (non-hydrogen) atoms. The Morgan fingerprint density at radius 2 is 1.54 bits per heavy atom. The molecule has 0 aliphatic heterocycles. The van der Waals surface area contributed by atoms with E-state index in [0.717, 1.165) is 25.7 Å². The summed E-state index contributed by atoms with van der Waals surface area (Å²) in [5, 5.41) is 17.1. The summed E-state index contributed by atoms with van der Waals surface area (Å²) in [4.78, 5) is 11.8. The van der Waals surface area contributed by atoms with Crippen LogP contribution in [-0.4, -0.2) is 47.7 Å². The molecule has 2 N–H and O–H groups in total. The van der Waals surface area contributed by atoms with Gasteiger partial charge in [0.2, 0.25) is 0 Å². The molecule has 0 saturated heterocycles. The van der Waals surface area contributed by atoms with Crippen molar-refractivity contribution in [1.29, 1.82) is 0 Å². The van der Waals surface area contributed by atoms with Crippen LogP contribution in [0.25, 0.3) is 0 Å². The third-order valence-electron chi connectivity index (χ3n) is 4.65. The summed E-state index contributed by atoms with van der Waals surface area (Å²) in [7, 11) is 0. The van der Waals surface area contributed by atoms with Crippen molar-refractivity contribution < 1.29 is 24.5 Å². The molecule has 0 bridgehead atoms. The van der Waals surface area contributed by atoms with E-state index in [0.29, 0.717) is 6.61 Å². The van der Waals surface area contributed by atoms with E-state index in [1.807, 2.05) is 0 Å². The lowest BCUT2D eigenvalue weighted by molar-refractivity contribution is -0.156. The summed E-state index contributed by atoms with van der Waals surface area (Å²) in [5.41, 5.74) is 0. The highest BCUT2D eigenvalue weighted by Gasteiger charge is 2.25. The fraction of sp³-hybridized carbons (Fsp3) is 0.947. The zero-order chi connectivity index (χ0) is 17.8. The Labute approximate surface area is 146 Å². The van der Waals surface area contributed by atoms with Crippen molar-refractivity contribution in [3.63, 3.8) is 0 Å². The van der Waals surface area contributed by atoms with Crippen LogP contribution in [0.5, 0.6) is 0 Å². The number of hydrogen-bond donors (Lipinski definition) is 2. The third kappa shape index (κ3) is 9.60. The molecule has 2 rings (SSSR count). The number of carbonyl (C=O) groups is 1. The molecule has 0 aromatic rings. The molecule has 142 valence electrons. The van der Waals surface area contributed by atoms with Crippen molar-refractivity contribution >= 4 is 5.97 Å². The maximum atomic E-state index is 11.8. The molecule has 0 spiro atoms. The molecule has 0 amide bonds. The number of hydrogen-bond acceptors (Lipinski definition) is 5. The van der Waals surface area contributed by atoms with Gasteiger partial charge in [-0.3, -0.25) is 4.79 Å². The minimum atomic E-state index is -0.445. The fourth-order valence-corrected chi connectivity index (χ4v) is 3.14. The molecule has 0 aromatic heterocycles. The van der Waals surface area contributed by atoms with Gasteiger partial charge in [-0.05, 0) is 52.4 Å². The maximum Gasteiger partial charge on any atom is 0.309 e. The Bertz CT molecular complexity index is 320. The fourth-order valence-electron chi connectivity index (χ4n) is 3.14.